The van der Waals surface area contributed by atoms with Gasteiger partial charge in [0, 0.05) is 22.9 Å². The van der Waals surface area contributed by atoms with E-state index in [4.69, 9.17) is 10.5 Å². The van der Waals surface area contributed by atoms with Gasteiger partial charge in [0.25, 0.3) is 0 Å². The van der Waals surface area contributed by atoms with Gasteiger partial charge in [0.1, 0.15) is 17.3 Å². The summed E-state index contributed by atoms with van der Waals surface area (Å²) in [7, 11) is 1.49. The van der Waals surface area contributed by atoms with Crippen LogP contribution in [0, 0.1) is 5.82 Å². The van der Waals surface area contributed by atoms with Crippen molar-refractivity contribution in [1.82, 2.24) is 0 Å². The quantitative estimate of drug-likeness (QED) is 0.784. The molecule has 3 nitrogen and oxygen atoms in total. The van der Waals surface area contributed by atoms with Crippen LogP contribution in [0.2, 0.25) is 0 Å². The average Bonchev–Trinajstić information content (AvgIpc) is 2.32. The molecule has 0 saturated carbocycles. The minimum absolute atomic E-state index is 0.00512. The Bertz CT molecular complexity index is 555. The predicted octanol–water partition coefficient (Wildman–Crippen LogP) is 2.79. The van der Waals surface area contributed by atoms with Crippen LogP contribution in [-0.2, 0) is 0 Å². The SMILES string of the molecule is COc1cc(N)ccc1-c1cc(F)ccc1O. The summed E-state index contributed by atoms with van der Waals surface area (Å²) in [6.45, 7) is 0. The molecule has 0 atom stereocenters. The maximum Gasteiger partial charge on any atom is 0.128 e. The largest absolute Gasteiger partial charge is 0.507 e. The molecule has 2 aromatic rings. The van der Waals surface area contributed by atoms with Crippen LogP contribution in [0.25, 0.3) is 11.1 Å². The van der Waals surface area contributed by atoms with Gasteiger partial charge in [-0.2, -0.15) is 0 Å². The maximum absolute atomic E-state index is 13.2. The number of rotatable bonds is 2. The van der Waals surface area contributed by atoms with Gasteiger partial charge < -0.3 is 15.6 Å². The minimum Gasteiger partial charge on any atom is -0.507 e. The first-order valence-corrected chi connectivity index (χ1v) is 5.04. The van der Waals surface area contributed by atoms with Gasteiger partial charge in [-0.15, -0.1) is 0 Å². The molecule has 0 fully saturated rings. The van der Waals surface area contributed by atoms with Gasteiger partial charge in [0.15, 0.2) is 0 Å². The molecule has 0 aliphatic carbocycles. The van der Waals surface area contributed by atoms with E-state index in [-0.39, 0.29) is 5.75 Å². The van der Waals surface area contributed by atoms with Gasteiger partial charge >= 0.3 is 0 Å². The van der Waals surface area contributed by atoms with E-state index in [0.717, 1.165) is 0 Å². The summed E-state index contributed by atoms with van der Waals surface area (Å²) >= 11 is 0. The summed E-state index contributed by atoms with van der Waals surface area (Å²) in [5, 5.41) is 9.72. The second-order valence-electron chi connectivity index (χ2n) is 3.62. The van der Waals surface area contributed by atoms with E-state index in [0.29, 0.717) is 22.6 Å². The molecule has 0 aliphatic rings. The maximum atomic E-state index is 13.2. The van der Waals surface area contributed by atoms with E-state index in [1.54, 1.807) is 18.2 Å². The highest BCUT2D eigenvalue weighted by molar-refractivity contribution is 5.77. The van der Waals surface area contributed by atoms with Crippen molar-refractivity contribution < 1.29 is 14.2 Å². The van der Waals surface area contributed by atoms with E-state index in [1.807, 2.05) is 0 Å². The van der Waals surface area contributed by atoms with E-state index in [1.165, 1.54) is 25.3 Å². The Hall–Kier alpha value is -2.23. The molecule has 0 saturated heterocycles. The van der Waals surface area contributed by atoms with E-state index >= 15 is 0 Å². The van der Waals surface area contributed by atoms with Crippen molar-refractivity contribution >= 4 is 5.69 Å². The number of phenolic OH excluding ortho intramolecular Hbond substituents is 1. The molecule has 0 unspecified atom stereocenters. The highest BCUT2D eigenvalue weighted by Gasteiger charge is 2.11. The van der Waals surface area contributed by atoms with Crippen LogP contribution >= 0.6 is 0 Å². The number of ether oxygens (including phenoxy) is 1. The lowest BCUT2D eigenvalue weighted by Crippen LogP contribution is -1.92. The number of hydrogen-bond donors (Lipinski definition) is 2. The highest BCUT2D eigenvalue weighted by Crippen LogP contribution is 2.37. The zero-order valence-electron chi connectivity index (χ0n) is 9.27. The normalized spacial score (nSPS) is 10.2. The Labute approximate surface area is 98.3 Å². The summed E-state index contributed by atoms with van der Waals surface area (Å²) < 4.78 is 18.3. The average molecular weight is 233 g/mol. The molecule has 3 N–H and O–H groups in total. The molecule has 88 valence electrons. The first-order chi connectivity index (χ1) is 8.11. The van der Waals surface area contributed by atoms with Crippen LogP contribution in [0.1, 0.15) is 0 Å². The van der Waals surface area contributed by atoms with Gasteiger partial charge in [0.2, 0.25) is 0 Å². The van der Waals surface area contributed by atoms with Gasteiger partial charge in [-0.1, -0.05) is 0 Å². The topological polar surface area (TPSA) is 55.5 Å². The number of halogens is 1. The number of nitrogen functional groups attached to an aromatic ring is 1. The molecule has 2 rings (SSSR count). The lowest BCUT2D eigenvalue weighted by molar-refractivity contribution is 0.416. The summed E-state index contributed by atoms with van der Waals surface area (Å²) in [5.74, 6) is 0.0667. The Morgan fingerprint density at radius 1 is 1.12 bits per heavy atom. The molecule has 2 aromatic carbocycles. The van der Waals surface area contributed by atoms with Crippen LogP contribution in [0.5, 0.6) is 11.5 Å². The third-order valence-corrected chi connectivity index (χ3v) is 2.47. The summed E-state index contributed by atoms with van der Waals surface area (Å²) in [6, 6.07) is 8.73. The second-order valence-corrected chi connectivity index (χ2v) is 3.62. The fourth-order valence-electron chi connectivity index (χ4n) is 1.65. The van der Waals surface area contributed by atoms with Crippen LogP contribution in [0.3, 0.4) is 0 Å². The number of nitrogens with two attached hydrogens (primary N) is 1. The number of anilines is 1. The minimum atomic E-state index is -0.420. The molecular weight excluding hydrogens is 221 g/mol. The number of benzene rings is 2. The fraction of sp³-hybridized carbons (Fsp3) is 0.0769. The molecule has 0 aromatic heterocycles. The number of methoxy groups -OCH3 is 1. The van der Waals surface area contributed by atoms with Gasteiger partial charge in [0.05, 0.1) is 7.11 Å². The predicted molar refractivity (Wildman–Crippen MR) is 64.5 cm³/mol. The van der Waals surface area contributed by atoms with Crippen molar-refractivity contribution in [3.8, 4) is 22.6 Å². The monoisotopic (exact) mass is 233 g/mol. The summed E-state index contributed by atoms with van der Waals surface area (Å²) in [4.78, 5) is 0. The molecule has 0 bridgehead atoms. The Morgan fingerprint density at radius 3 is 2.59 bits per heavy atom. The van der Waals surface area contributed by atoms with Crippen LogP contribution in [-0.4, -0.2) is 12.2 Å². The zero-order valence-corrected chi connectivity index (χ0v) is 9.27. The van der Waals surface area contributed by atoms with Crippen molar-refractivity contribution in [2.45, 2.75) is 0 Å². The Kier molecular flexibility index (Phi) is 2.87. The molecule has 0 amide bonds. The first kappa shape index (κ1) is 11.3. The lowest BCUT2D eigenvalue weighted by Gasteiger charge is -2.11. The summed E-state index contributed by atoms with van der Waals surface area (Å²) in [5.41, 5.74) is 7.15. The molecule has 0 radical (unpaired) electrons. The van der Waals surface area contributed by atoms with Crippen molar-refractivity contribution in [2.75, 3.05) is 12.8 Å². The van der Waals surface area contributed by atoms with Crippen molar-refractivity contribution in [3.05, 3.63) is 42.2 Å². The van der Waals surface area contributed by atoms with E-state index < -0.39 is 5.82 Å². The molecule has 0 aliphatic heterocycles. The van der Waals surface area contributed by atoms with Crippen molar-refractivity contribution in [1.29, 1.82) is 0 Å². The lowest BCUT2D eigenvalue weighted by atomic mass is 10.0. The highest BCUT2D eigenvalue weighted by atomic mass is 19.1. The van der Waals surface area contributed by atoms with Gasteiger partial charge in [-0.25, -0.2) is 4.39 Å². The third kappa shape index (κ3) is 2.15. The first-order valence-electron chi connectivity index (χ1n) is 5.04. The smallest absolute Gasteiger partial charge is 0.128 e. The van der Waals surface area contributed by atoms with Crippen LogP contribution < -0.4 is 10.5 Å². The third-order valence-electron chi connectivity index (χ3n) is 2.47. The number of hydrogen-bond acceptors (Lipinski definition) is 3. The Morgan fingerprint density at radius 2 is 1.88 bits per heavy atom. The van der Waals surface area contributed by atoms with Gasteiger partial charge in [-0.05, 0) is 30.3 Å². The van der Waals surface area contributed by atoms with E-state index in [9.17, 15) is 9.50 Å². The second kappa shape index (κ2) is 4.33. The molecule has 0 heterocycles. The number of aromatic hydroxyl groups is 1. The Balaban J connectivity index is 2.63. The summed E-state index contributed by atoms with van der Waals surface area (Å²) in [6.07, 6.45) is 0. The van der Waals surface area contributed by atoms with E-state index in [2.05, 4.69) is 0 Å². The molecule has 4 heteroatoms. The number of phenols is 1. The van der Waals surface area contributed by atoms with Crippen molar-refractivity contribution in [3.63, 3.8) is 0 Å². The van der Waals surface area contributed by atoms with Crippen molar-refractivity contribution in [2.24, 2.45) is 0 Å². The van der Waals surface area contributed by atoms with Crippen LogP contribution in [0.4, 0.5) is 10.1 Å². The van der Waals surface area contributed by atoms with Crippen LogP contribution in [0.15, 0.2) is 36.4 Å². The van der Waals surface area contributed by atoms with Gasteiger partial charge in [-0.3, -0.25) is 0 Å². The standard InChI is InChI=1S/C13H12FNO2/c1-17-13-7-9(15)3-4-10(13)11-6-8(14)2-5-12(11)16/h2-7,16H,15H2,1H3. The molecule has 0 spiro atoms. The fourth-order valence-corrected chi connectivity index (χ4v) is 1.65. The zero-order chi connectivity index (χ0) is 12.4. The molecule has 17 heavy (non-hydrogen) atoms. The molecular formula is C13H12FNO2.